The van der Waals surface area contributed by atoms with E-state index in [4.69, 9.17) is 20.8 Å². The summed E-state index contributed by atoms with van der Waals surface area (Å²) in [6, 6.07) is 9.41. The molecular weight excluding hydrogens is 426 g/mol. The summed E-state index contributed by atoms with van der Waals surface area (Å²) in [6.45, 7) is 3.49. The van der Waals surface area contributed by atoms with E-state index in [0.29, 0.717) is 24.5 Å². The molecule has 3 heterocycles. The maximum absolute atomic E-state index is 12.8. The molecule has 0 atom stereocenters. The zero-order valence-electron chi connectivity index (χ0n) is 16.5. The number of benzene rings is 1. The molecule has 31 heavy (non-hydrogen) atoms. The molecule has 4 rings (SSSR count). The van der Waals surface area contributed by atoms with Gasteiger partial charge in [-0.1, -0.05) is 11.6 Å². The Labute approximate surface area is 182 Å². The fourth-order valence-electron chi connectivity index (χ4n) is 3.30. The van der Waals surface area contributed by atoms with Crippen molar-refractivity contribution >= 4 is 23.2 Å². The van der Waals surface area contributed by atoms with Crippen molar-refractivity contribution < 1.29 is 18.9 Å². The largest absolute Gasteiger partial charge is 0.470 e. The predicted molar refractivity (Wildman–Crippen MR) is 111 cm³/mol. The third kappa shape index (κ3) is 5.04. The minimum absolute atomic E-state index is 0.0156. The molecule has 1 aliphatic rings. The highest BCUT2D eigenvalue weighted by atomic mass is 35.5. The Hall–Kier alpha value is -3.37. The average molecular weight is 446 g/mol. The van der Waals surface area contributed by atoms with Gasteiger partial charge >= 0.3 is 0 Å². The van der Waals surface area contributed by atoms with Gasteiger partial charge < -0.3 is 14.1 Å². The lowest BCUT2D eigenvalue weighted by Gasteiger charge is -2.33. The van der Waals surface area contributed by atoms with Crippen LogP contribution in [0.3, 0.4) is 0 Å². The van der Waals surface area contributed by atoms with Crippen molar-refractivity contribution in [3.63, 3.8) is 0 Å². The highest BCUT2D eigenvalue weighted by Crippen LogP contribution is 2.28. The molecule has 2 aromatic heterocycles. The number of hydrogen-bond acceptors (Lipinski definition) is 7. The Morgan fingerprint density at radius 1 is 1.23 bits per heavy atom. The van der Waals surface area contributed by atoms with Gasteiger partial charge in [0, 0.05) is 44.5 Å². The normalized spacial score (nSPS) is 14.5. The maximum Gasteiger partial charge on any atom is 0.274 e. The zero-order chi connectivity index (χ0) is 21.8. The molecule has 1 aliphatic heterocycles. The van der Waals surface area contributed by atoms with E-state index in [1.165, 1.54) is 22.9 Å². The van der Waals surface area contributed by atoms with E-state index in [-0.39, 0.29) is 23.3 Å². The molecule has 0 radical (unpaired) electrons. The van der Waals surface area contributed by atoms with Crippen molar-refractivity contribution in [3.8, 4) is 5.75 Å². The summed E-state index contributed by atoms with van der Waals surface area (Å²) in [5.74, 6) is 1.07. The van der Waals surface area contributed by atoms with Crippen molar-refractivity contribution in [2.24, 2.45) is 0 Å². The van der Waals surface area contributed by atoms with Gasteiger partial charge in [0.2, 0.25) is 0 Å². The highest BCUT2D eigenvalue weighted by molar-refractivity contribution is 6.32. The quantitative estimate of drug-likeness (QED) is 0.406. The van der Waals surface area contributed by atoms with Crippen LogP contribution in [0, 0.1) is 10.1 Å². The summed E-state index contributed by atoms with van der Waals surface area (Å²) < 4.78 is 12.4. The molecule has 0 spiro atoms. The van der Waals surface area contributed by atoms with Crippen LogP contribution >= 0.6 is 11.6 Å². The van der Waals surface area contributed by atoms with Gasteiger partial charge in [-0.15, -0.1) is 0 Å². The predicted octanol–water partition coefficient (Wildman–Crippen LogP) is 3.03. The molecule has 162 valence electrons. The lowest BCUT2D eigenvalue weighted by Crippen LogP contribution is -2.48. The Kier molecular flexibility index (Phi) is 6.19. The van der Waals surface area contributed by atoms with Crippen LogP contribution in [0.1, 0.15) is 16.2 Å². The molecule has 10 nitrogen and oxygen atoms in total. The molecule has 0 saturated carbocycles. The number of rotatable bonds is 7. The van der Waals surface area contributed by atoms with E-state index in [2.05, 4.69) is 10.00 Å². The summed E-state index contributed by atoms with van der Waals surface area (Å²) >= 11 is 6.02. The molecule has 1 fully saturated rings. The lowest BCUT2D eigenvalue weighted by molar-refractivity contribution is -0.384. The summed E-state index contributed by atoms with van der Waals surface area (Å²) in [6.07, 6.45) is 3.30. The number of halogens is 1. The summed E-state index contributed by atoms with van der Waals surface area (Å²) in [5, 5.41) is 15.2. The van der Waals surface area contributed by atoms with Gasteiger partial charge in [-0.25, -0.2) is 4.68 Å². The van der Waals surface area contributed by atoms with Gasteiger partial charge in [0.1, 0.15) is 11.5 Å². The second-order valence-corrected chi connectivity index (χ2v) is 7.44. The summed E-state index contributed by atoms with van der Waals surface area (Å²) in [4.78, 5) is 27.0. The number of non-ortho nitro benzene ring substituents is 1. The van der Waals surface area contributed by atoms with E-state index >= 15 is 0 Å². The second-order valence-electron chi connectivity index (χ2n) is 7.03. The first-order valence-corrected chi connectivity index (χ1v) is 10.0. The van der Waals surface area contributed by atoms with E-state index < -0.39 is 4.92 Å². The van der Waals surface area contributed by atoms with Crippen molar-refractivity contribution in [1.29, 1.82) is 0 Å². The third-order valence-electron chi connectivity index (χ3n) is 4.96. The minimum atomic E-state index is -0.530. The number of furan rings is 1. The summed E-state index contributed by atoms with van der Waals surface area (Å²) in [7, 11) is 0. The number of hydrogen-bond donors (Lipinski definition) is 0. The maximum atomic E-state index is 12.8. The number of ether oxygens (including phenoxy) is 1. The molecular formula is C20H20ClN5O5. The fourth-order valence-corrected chi connectivity index (χ4v) is 3.53. The van der Waals surface area contributed by atoms with E-state index in [9.17, 15) is 14.9 Å². The monoisotopic (exact) mass is 445 g/mol. The number of nitrogens with zero attached hydrogens (tertiary/aromatic N) is 5. The number of piperazine rings is 1. The SMILES string of the molecule is O=C(c1ccn(COc2ccc([N+](=O)[O-])cc2Cl)n1)N1CCN(Cc2ccco2)CC1. The molecule has 0 aliphatic carbocycles. The topological polar surface area (TPSA) is 107 Å². The Bertz CT molecular complexity index is 1060. The van der Waals surface area contributed by atoms with Crippen LogP contribution in [0.15, 0.2) is 53.3 Å². The van der Waals surface area contributed by atoms with Gasteiger partial charge in [-0.05, 0) is 24.3 Å². The first kappa shape index (κ1) is 20.9. The second kappa shape index (κ2) is 9.19. The van der Waals surface area contributed by atoms with E-state index in [1.54, 1.807) is 23.4 Å². The Morgan fingerprint density at radius 2 is 2.03 bits per heavy atom. The van der Waals surface area contributed by atoms with Crippen LogP contribution < -0.4 is 4.74 Å². The first-order valence-electron chi connectivity index (χ1n) is 9.64. The highest BCUT2D eigenvalue weighted by Gasteiger charge is 2.24. The van der Waals surface area contributed by atoms with Crippen LogP contribution in [-0.2, 0) is 13.3 Å². The van der Waals surface area contributed by atoms with Gasteiger partial charge in [-0.3, -0.25) is 19.8 Å². The molecule has 0 bridgehead atoms. The van der Waals surface area contributed by atoms with Crippen LogP contribution in [0.25, 0.3) is 0 Å². The number of amides is 1. The van der Waals surface area contributed by atoms with Crippen molar-refractivity contribution in [3.05, 3.63) is 75.4 Å². The van der Waals surface area contributed by atoms with Crippen LogP contribution in [0.5, 0.6) is 5.75 Å². The lowest BCUT2D eigenvalue weighted by atomic mass is 10.2. The van der Waals surface area contributed by atoms with E-state index in [0.717, 1.165) is 25.4 Å². The average Bonchev–Trinajstić information content (AvgIpc) is 3.45. The zero-order valence-corrected chi connectivity index (χ0v) is 17.3. The van der Waals surface area contributed by atoms with Gasteiger partial charge in [-0.2, -0.15) is 5.10 Å². The number of nitro benzene ring substituents is 1. The van der Waals surface area contributed by atoms with Crippen molar-refractivity contribution in [2.75, 3.05) is 26.2 Å². The first-order chi connectivity index (χ1) is 15.0. The summed E-state index contributed by atoms with van der Waals surface area (Å²) in [5.41, 5.74) is 0.214. The number of nitro groups is 1. The molecule has 1 saturated heterocycles. The number of carbonyl (C=O) groups excluding carboxylic acids is 1. The molecule has 1 aromatic carbocycles. The molecule has 11 heteroatoms. The van der Waals surface area contributed by atoms with Crippen LogP contribution in [-0.4, -0.2) is 56.6 Å². The Morgan fingerprint density at radius 3 is 2.71 bits per heavy atom. The van der Waals surface area contributed by atoms with Gasteiger partial charge in [0.25, 0.3) is 11.6 Å². The number of carbonyl (C=O) groups is 1. The fraction of sp³-hybridized carbons (Fsp3) is 0.300. The number of aromatic nitrogens is 2. The van der Waals surface area contributed by atoms with Gasteiger partial charge in [0.15, 0.2) is 12.4 Å². The Balaban J connectivity index is 1.29. The molecule has 3 aromatic rings. The third-order valence-corrected chi connectivity index (χ3v) is 5.25. The molecule has 0 N–H and O–H groups in total. The van der Waals surface area contributed by atoms with Crippen LogP contribution in [0.4, 0.5) is 5.69 Å². The molecule has 0 unspecified atom stereocenters. The standard InChI is InChI=1S/C20H20ClN5O5/c21-17-12-15(26(28)29)3-4-19(17)31-14-25-6-5-18(22-25)20(27)24-9-7-23(8-10-24)13-16-2-1-11-30-16/h1-6,11-12H,7-10,13-14H2. The van der Waals surface area contributed by atoms with E-state index in [1.807, 2.05) is 12.1 Å². The molecule has 1 amide bonds. The smallest absolute Gasteiger partial charge is 0.274 e. The van der Waals surface area contributed by atoms with Crippen molar-refractivity contribution in [2.45, 2.75) is 13.3 Å². The minimum Gasteiger partial charge on any atom is -0.470 e. The van der Waals surface area contributed by atoms with Crippen molar-refractivity contribution in [1.82, 2.24) is 19.6 Å². The van der Waals surface area contributed by atoms with Gasteiger partial charge in [0.05, 0.1) is 22.8 Å². The van der Waals surface area contributed by atoms with Crippen LogP contribution in [0.2, 0.25) is 5.02 Å².